The third-order valence-electron chi connectivity index (χ3n) is 11.2. The van der Waals surface area contributed by atoms with Crippen molar-refractivity contribution in [3.8, 4) is 44.8 Å². The number of fused-ring (bicyclic) bond motifs is 7. The molecule has 0 N–H and O–H groups in total. The molecule has 0 spiro atoms. The first-order chi connectivity index (χ1) is 27.2. The van der Waals surface area contributed by atoms with Crippen molar-refractivity contribution in [2.24, 2.45) is 0 Å². The van der Waals surface area contributed by atoms with Crippen LogP contribution in [0, 0.1) is 0 Å². The number of aromatic nitrogens is 2. The smallest absolute Gasteiger partial charge is 0.0541 e. The van der Waals surface area contributed by atoms with E-state index in [1.807, 2.05) is 12.1 Å². The molecule has 0 atom stereocenters. The topological polar surface area (TPSA) is 9.86 Å². The Morgan fingerprint density at radius 3 is 1.53 bits per heavy atom. The Hall–Kier alpha value is -6.81. The van der Waals surface area contributed by atoms with E-state index in [1.54, 1.807) is 0 Å². The molecule has 0 saturated heterocycles. The Morgan fingerprint density at radius 2 is 0.818 bits per heavy atom. The summed E-state index contributed by atoms with van der Waals surface area (Å²) in [5.41, 5.74) is 14.2. The zero-order chi connectivity index (χ0) is 36.5. The highest BCUT2D eigenvalue weighted by atomic mass is 32.1. The van der Waals surface area contributed by atoms with Crippen LogP contribution in [0.5, 0.6) is 0 Å². The molecule has 0 aliphatic heterocycles. The van der Waals surface area contributed by atoms with E-state index in [0.29, 0.717) is 0 Å². The van der Waals surface area contributed by atoms with Gasteiger partial charge in [-0.3, -0.25) is 0 Å². The molecule has 0 saturated carbocycles. The van der Waals surface area contributed by atoms with E-state index in [2.05, 4.69) is 197 Å². The van der Waals surface area contributed by atoms with Gasteiger partial charge in [0.05, 0.1) is 22.1 Å². The first kappa shape index (κ1) is 31.7. The lowest BCUT2D eigenvalue weighted by Crippen LogP contribution is -1.94. The van der Waals surface area contributed by atoms with E-state index in [4.69, 9.17) is 12.6 Å². The summed E-state index contributed by atoms with van der Waals surface area (Å²) in [6.45, 7) is 0. The van der Waals surface area contributed by atoms with Crippen LogP contribution in [0.15, 0.2) is 205 Å². The van der Waals surface area contributed by atoms with Crippen molar-refractivity contribution in [2.45, 2.75) is 4.90 Å². The lowest BCUT2D eigenvalue weighted by Gasteiger charge is -2.10. The summed E-state index contributed by atoms with van der Waals surface area (Å²) in [5.74, 6) is 0. The highest BCUT2D eigenvalue weighted by Crippen LogP contribution is 2.40. The summed E-state index contributed by atoms with van der Waals surface area (Å²) < 4.78 is 4.80. The van der Waals surface area contributed by atoms with Gasteiger partial charge in [-0.15, -0.1) is 12.6 Å². The second-order valence-corrected chi connectivity index (χ2v) is 14.8. The van der Waals surface area contributed by atoms with Gasteiger partial charge in [-0.2, -0.15) is 0 Å². The van der Waals surface area contributed by atoms with E-state index >= 15 is 0 Å². The van der Waals surface area contributed by atoms with Crippen molar-refractivity contribution in [1.29, 1.82) is 0 Å². The molecule has 0 aliphatic rings. The van der Waals surface area contributed by atoms with Gasteiger partial charge in [-0.1, -0.05) is 121 Å². The molecule has 0 amide bonds. The van der Waals surface area contributed by atoms with Crippen LogP contribution >= 0.6 is 12.6 Å². The molecule has 0 unspecified atom stereocenters. The minimum absolute atomic E-state index is 0.977. The van der Waals surface area contributed by atoms with E-state index < -0.39 is 0 Å². The lowest BCUT2D eigenvalue weighted by molar-refractivity contribution is 1.18. The van der Waals surface area contributed by atoms with Crippen molar-refractivity contribution in [3.63, 3.8) is 0 Å². The first-order valence-electron chi connectivity index (χ1n) is 18.7. The molecule has 11 aromatic rings. The zero-order valence-electron chi connectivity index (χ0n) is 29.9. The molecule has 55 heavy (non-hydrogen) atoms. The molecule has 2 nitrogen and oxygen atoms in total. The van der Waals surface area contributed by atoms with Crippen LogP contribution in [0.4, 0.5) is 0 Å². The Bertz CT molecular complexity index is 3280. The monoisotopic (exact) mass is 718 g/mol. The molecule has 0 aliphatic carbocycles. The average molecular weight is 719 g/mol. The van der Waals surface area contributed by atoms with Gasteiger partial charge in [0.2, 0.25) is 0 Å². The van der Waals surface area contributed by atoms with Gasteiger partial charge >= 0.3 is 0 Å². The maximum atomic E-state index is 4.76. The Balaban J connectivity index is 1.09. The van der Waals surface area contributed by atoms with Gasteiger partial charge in [0.1, 0.15) is 0 Å². The van der Waals surface area contributed by atoms with E-state index in [9.17, 15) is 0 Å². The summed E-state index contributed by atoms with van der Waals surface area (Å²) in [7, 11) is 0. The lowest BCUT2D eigenvalue weighted by atomic mass is 9.97. The summed E-state index contributed by atoms with van der Waals surface area (Å²) in [6, 6.07) is 72.7. The van der Waals surface area contributed by atoms with Crippen LogP contribution in [0.3, 0.4) is 0 Å². The number of rotatable bonds is 5. The van der Waals surface area contributed by atoms with Gasteiger partial charge in [-0.25, -0.2) is 0 Å². The first-order valence-corrected chi connectivity index (χ1v) is 19.2. The van der Waals surface area contributed by atoms with E-state index in [1.165, 1.54) is 82.3 Å². The largest absolute Gasteiger partial charge is 0.309 e. The minimum Gasteiger partial charge on any atom is -0.309 e. The molecule has 0 radical (unpaired) electrons. The van der Waals surface area contributed by atoms with E-state index in [0.717, 1.165) is 21.7 Å². The molecule has 11 rings (SSSR count). The number of thiol groups is 1. The Kier molecular flexibility index (Phi) is 7.29. The van der Waals surface area contributed by atoms with Crippen LogP contribution < -0.4 is 0 Å². The van der Waals surface area contributed by atoms with Crippen molar-refractivity contribution < 1.29 is 0 Å². The molecule has 0 fully saturated rings. The Labute approximate surface area is 324 Å². The molecule has 0 bridgehead atoms. The average Bonchev–Trinajstić information content (AvgIpc) is 3.76. The molecule has 2 aromatic heterocycles. The van der Waals surface area contributed by atoms with Crippen molar-refractivity contribution in [3.05, 3.63) is 200 Å². The second-order valence-electron chi connectivity index (χ2n) is 14.3. The van der Waals surface area contributed by atoms with Crippen LogP contribution in [-0.2, 0) is 0 Å². The summed E-state index contributed by atoms with van der Waals surface area (Å²) in [6.07, 6.45) is 0. The number of hydrogen-bond donors (Lipinski definition) is 1. The van der Waals surface area contributed by atoms with Crippen LogP contribution in [-0.4, -0.2) is 9.13 Å². The highest BCUT2D eigenvalue weighted by Gasteiger charge is 2.17. The fraction of sp³-hybridized carbons (Fsp3) is 0. The van der Waals surface area contributed by atoms with Gasteiger partial charge in [0.25, 0.3) is 0 Å². The van der Waals surface area contributed by atoms with Crippen LogP contribution in [0.2, 0.25) is 0 Å². The molecular weight excluding hydrogens is 685 g/mol. The highest BCUT2D eigenvalue weighted by molar-refractivity contribution is 7.80. The van der Waals surface area contributed by atoms with Crippen LogP contribution in [0.1, 0.15) is 0 Å². The van der Waals surface area contributed by atoms with Gasteiger partial charge in [0.15, 0.2) is 0 Å². The van der Waals surface area contributed by atoms with E-state index in [-0.39, 0.29) is 0 Å². The third kappa shape index (κ3) is 5.20. The maximum Gasteiger partial charge on any atom is 0.0541 e. The number of nitrogens with zero attached hydrogens (tertiary/aromatic N) is 2. The van der Waals surface area contributed by atoms with Crippen molar-refractivity contribution in [1.82, 2.24) is 9.13 Å². The van der Waals surface area contributed by atoms with Gasteiger partial charge in [0, 0.05) is 37.8 Å². The minimum atomic E-state index is 0.977. The fourth-order valence-electron chi connectivity index (χ4n) is 8.57. The third-order valence-corrected chi connectivity index (χ3v) is 11.6. The predicted octanol–water partition coefficient (Wildman–Crippen LogP) is 14.3. The van der Waals surface area contributed by atoms with Gasteiger partial charge < -0.3 is 9.13 Å². The molecule has 3 heteroatoms. The SMILES string of the molecule is Sc1ccccc1-c1cccc(-c2ccc3c(c2)c2cc(-c4ccc5c(c4)c4ccccc4n5-c4ccc5ccccc5c4)ccc2n3-c2ccccc2)c1. The summed E-state index contributed by atoms with van der Waals surface area (Å²) >= 11 is 4.76. The number of hydrogen-bond acceptors (Lipinski definition) is 1. The fourth-order valence-corrected chi connectivity index (χ4v) is 8.86. The Morgan fingerprint density at radius 1 is 0.291 bits per heavy atom. The summed E-state index contributed by atoms with van der Waals surface area (Å²) in [5, 5.41) is 7.45. The zero-order valence-corrected chi connectivity index (χ0v) is 30.8. The summed E-state index contributed by atoms with van der Waals surface area (Å²) in [4.78, 5) is 0.977. The quantitative estimate of drug-likeness (QED) is 0.170. The van der Waals surface area contributed by atoms with Crippen molar-refractivity contribution >= 4 is 67.0 Å². The molecule has 9 aromatic carbocycles. The number of benzene rings is 9. The predicted molar refractivity (Wildman–Crippen MR) is 236 cm³/mol. The number of para-hydroxylation sites is 2. The second kappa shape index (κ2) is 12.7. The maximum absolute atomic E-state index is 4.76. The van der Waals surface area contributed by atoms with Crippen molar-refractivity contribution in [2.75, 3.05) is 0 Å². The normalized spacial score (nSPS) is 11.7. The molecular formula is C52H34N2S. The molecule has 2 heterocycles. The molecule has 258 valence electrons. The van der Waals surface area contributed by atoms with Gasteiger partial charge in [-0.05, 0) is 123 Å². The van der Waals surface area contributed by atoms with Crippen LogP contribution in [0.25, 0.3) is 99.1 Å². The standard InChI is InChI=1S/C52H34N2S/c55-52-20-9-7-17-43(52)40-14-10-13-35(29-40)37-22-27-50-46(32-37)47-33-39(24-28-51(47)53(50)41-15-2-1-3-16-41)38-23-26-49-45(31-38)44-18-6-8-19-48(44)54(49)42-25-21-34-11-4-5-12-36(34)30-42/h1-33,55H.